The Bertz CT molecular complexity index is 464. The number of esters is 1. The second-order valence-electron chi connectivity index (χ2n) is 3.49. The molecule has 0 aliphatic heterocycles. The Morgan fingerprint density at radius 3 is 2.65 bits per heavy atom. The zero-order valence-electron chi connectivity index (χ0n) is 9.90. The Labute approximate surface area is 100 Å². The Kier molecular flexibility index (Phi) is 4.46. The maximum atomic E-state index is 11.2. The molecular weight excluding hydrogens is 218 g/mol. The Hall–Kier alpha value is -2.10. The lowest BCUT2D eigenvalue weighted by molar-refractivity contribution is -0.137. The predicted molar refractivity (Wildman–Crippen MR) is 66.5 cm³/mol. The van der Waals surface area contributed by atoms with Gasteiger partial charge in [-0.05, 0) is 37.6 Å². The lowest BCUT2D eigenvalue weighted by atomic mass is 10.1. The minimum atomic E-state index is -0.401. The topological polar surface area (TPSA) is 69.4 Å². The molecule has 90 valence electrons. The molecule has 0 heterocycles. The molecule has 1 aromatic carbocycles. The molecule has 0 radical (unpaired) electrons. The van der Waals surface area contributed by atoms with E-state index in [4.69, 9.17) is 10.5 Å². The highest BCUT2D eigenvalue weighted by molar-refractivity contribution is 5.99. The van der Waals surface area contributed by atoms with Crippen LogP contribution >= 0.6 is 0 Å². The number of hydrogen-bond donors (Lipinski definition) is 1. The molecule has 1 rings (SSSR count). The maximum absolute atomic E-state index is 11.2. The average Bonchev–Trinajstić information content (AvgIpc) is 2.26. The third-order valence-electron chi connectivity index (χ3n) is 2.15. The number of nitrogen functional groups attached to an aromatic ring is 1. The number of rotatable bonds is 4. The second-order valence-corrected chi connectivity index (χ2v) is 3.49. The molecule has 0 bridgehead atoms. The molecule has 0 aliphatic rings. The van der Waals surface area contributed by atoms with Crippen molar-refractivity contribution in [3.63, 3.8) is 0 Å². The number of ether oxygens (including phenoxy) is 1. The predicted octanol–water partition coefficient (Wildman–Crippen LogP) is 2.05. The SMILES string of the molecule is CCOC(=O)/C=C/c1ccc(C(C)=O)c(N)c1. The first-order chi connectivity index (χ1) is 8.04. The molecule has 0 aliphatic carbocycles. The fourth-order valence-corrected chi connectivity index (χ4v) is 1.36. The minimum absolute atomic E-state index is 0.0802. The Morgan fingerprint density at radius 2 is 2.12 bits per heavy atom. The van der Waals surface area contributed by atoms with Crippen molar-refractivity contribution in [2.75, 3.05) is 12.3 Å². The van der Waals surface area contributed by atoms with Crippen LogP contribution in [0.4, 0.5) is 5.69 Å². The fraction of sp³-hybridized carbons (Fsp3) is 0.231. The van der Waals surface area contributed by atoms with Crippen molar-refractivity contribution in [2.24, 2.45) is 0 Å². The van der Waals surface area contributed by atoms with E-state index in [9.17, 15) is 9.59 Å². The summed E-state index contributed by atoms with van der Waals surface area (Å²) in [5.41, 5.74) is 7.36. The number of Topliss-reactive ketones (excluding diaryl/α,β-unsaturated/α-hetero) is 1. The van der Waals surface area contributed by atoms with Crippen molar-refractivity contribution in [2.45, 2.75) is 13.8 Å². The van der Waals surface area contributed by atoms with Gasteiger partial charge in [-0.2, -0.15) is 0 Å². The van der Waals surface area contributed by atoms with E-state index in [0.29, 0.717) is 17.9 Å². The third-order valence-corrected chi connectivity index (χ3v) is 2.15. The van der Waals surface area contributed by atoms with Crippen molar-refractivity contribution < 1.29 is 14.3 Å². The van der Waals surface area contributed by atoms with E-state index in [0.717, 1.165) is 5.56 Å². The lowest BCUT2D eigenvalue weighted by Crippen LogP contribution is -2.00. The van der Waals surface area contributed by atoms with Crippen LogP contribution < -0.4 is 5.73 Å². The van der Waals surface area contributed by atoms with Crippen LogP contribution in [0.2, 0.25) is 0 Å². The van der Waals surface area contributed by atoms with Gasteiger partial charge in [0.2, 0.25) is 0 Å². The van der Waals surface area contributed by atoms with E-state index in [1.54, 1.807) is 31.2 Å². The Morgan fingerprint density at radius 1 is 1.41 bits per heavy atom. The number of carbonyl (C=O) groups is 2. The van der Waals surface area contributed by atoms with Crippen LogP contribution in [-0.4, -0.2) is 18.4 Å². The summed E-state index contributed by atoms with van der Waals surface area (Å²) in [6.07, 6.45) is 2.92. The molecule has 0 saturated carbocycles. The zero-order valence-corrected chi connectivity index (χ0v) is 9.90. The molecule has 0 atom stereocenters. The molecule has 0 saturated heterocycles. The molecule has 0 spiro atoms. The molecule has 17 heavy (non-hydrogen) atoms. The summed E-state index contributed by atoms with van der Waals surface area (Å²) in [6, 6.07) is 5.01. The van der Waals surface area contributed by atoms with Crippen molar-refractivity contribution in [1.82, 2.24) is 0 Å². The largest absolute Gasteiger partial charge is 0.463 e. The fourth-order valence-electron chi connectivity index (χ4n) is 1.36. The van der Waals surface area contributed by atoms with Crippen LogP contribution in [0, 0.1) is 0 Å². The molecular formula is C13H15NO3. The summed E-state index contributed by atoms with van der Waals surface area (Å²) in [4.78, 5) is 22.2. The number of carbonyl (C=O) groups excluding carboxylic acids is 2. The standard InChI is InChI=1S/C13H15NO3/c1-3-17-13(16)7-5-10-4-6-11(9(2)15)12(14)8-10/h4-8H,3,14H2,1-2H3/b7-5+. The van der Waals surface area contributed by atoms with Gasteiger partial charge in [-0.15, -0.1) is 0 Å². The van der Waals surface area contributed by atoms with E-state index in [2.05, 4.69) is 0 Å². The average molecular weight is 233 g/mol. The summed E-state index contributed by atoms with van der Waals surface area (Å²) >= 11 is 0. The number of nitrogens with two attached hydrogens (primary N) is 1. The first-order valence-corrected chi connectivity index (χ1v) is 5.30. The van der Waals surface area contributed by atoms with E-state index in [1.165, 1.54) is 13.0 Å². The molecule has 1 aromatic rings. The number of hydrogen-bond acceptors (Lipinski definition) is 4. The highest BCUT2D eigenvalue weighted by atomic mass is 16.5. The van der Waals surface area contributed by atoms with Crippen molar-refractivity contribution >= 4 is 23.5 Å². The normalized spacial score (nSPS) is 10.5. The second kappa shape index (κ2) is 5.84. The third kappa shape index (κ3) is 3.75. The summed E-state index contributed by atoms with van der Waals surface area (Å²) in [5, 5.41) is 0. The van der Waals surface area contributed by atoms with Gasteiger partial charge >= 0.3 is 5.97 Å². The first kappa shape index (κ1) is 13.0. The minimum Gasteiger partial charge on any atom is -0.463 e. The number of anilines is 1. The van der Waals surface area contributed by atoms with Gasteiger partial charge in [-0.3, -0.25) is 4.79 Å². The summed E-state index contributed by atoms with van der Waals surface area (Å²) < 4.78 is 4.74. The molecule has 4 heteroatoms. The van der Waals surface area contributed by atoms with Crippen LogP contribution in [0.25, 0.3) is 6.08 Å². The molecule has 4 nitrogen and oxygen atoms in total. The van der Waals surface area contributed by atoms with E-state index in [1.807, 2.05) is 0 Å². The number of benzene rings is 1. The smallest absolute Gasteiger partial charge is 0.330 e. The van der Waals surface area contributed by atoms with Crippen LogP contribution in [0.1, 0.15) is 29.8 Å². The van der Waals surface area contributed by atoms with Gasteiger partial charge in [-0.25, -0.2) is 4.79 Å². The molecule has 0 unspecified atom stereocenters. The van der Waals surface area contributed by atoms with Crippen molar-refractivity contribution in [3.05, 3.63) is 35.4 Å². The van der Waals surface area contributed by atoms with Gasteiger partial charge in [0.05, 0.1) is 6.61 Å². The van der Waals surface area contributed by atoms with Gasteiger partial charge in [0, 0.05) is 17.3 Å². The van der Waals surface area contributed by atoms with Gasteiger partial charge in [0.15, 0.2) is 5.78 Å². The molecule has 0 amide bonds. The van der Waals surface area contributed by atoms with Crippen molar-refractivity contribution in [3.8, 4) is 0 Å². The van der Waals surface area contributed by atoms with E-state index < -0.39 is 5.97 Å². The number of ketones is 1. The van der Waals surface area contributed by atoms with Crippen LogP contribution in [0.5, 0.6) is 0 Å². The van der Waals surface area contributed by atoms with Gasteiger partial charge in [0.25, 0.3) is 0 Å². The summed E-state index contributed by atoms with van der Waals surface area (Å²) in [7, 11) is 0. The van der Waals surface area contributed by atoms with Gasteiger partial charge < -0.3 is 10.5 Å². The lowest BCUT2D eigenvalue weighted by Gasteiger charge is -2.02. The van der Waals surface area contributed by atoms with E-state index in [-0.39, 0.29) is 5.78 Å². The van der Waals surface area contributed by atoms with Gasteiger partial charge in [-0.1, -0.05) is 6.07 Å². The van der Waals surface area contributed by atoms with Crippen LogP contribution in [-0.2, 0) is 9.53 Å². The molecule has 0 aromatic heterocycles. The monoisotopic (exact) mass is 233 g/mol. The molecule has 2 N–H and O–H groups in total. The van der Waals surface area contributed by atoms with Crippen LogP contribution in [0.15, 0.2) is 24.3 Å². The zero-order chi connectivity index (χ0) is 12.8. The summed E-state index contributed by atoms with van der Waals surface area (Å²) in [6.45, 7) is 3.54. The Balaban J connectivity index is 2.84. The van der Waals surface area contributed by atoms with Gasteiger partial charge in [0.1, 0.15) is 0 Å². The summed E-state index contributed by atoms with van der Waals surface area (Å²) in [5.74, 6) is -0.481. The van der Waals surface area contributed by atoms with Crippen LogP contribution in [0.3, 0.4) is 0 Å². The highest BCUT2D eigenvalue weighted by Gasteiger charge is 2.04. The quantitative estimate of drug-likeness (QED) is 0.374. The maximum Gasteiger partial charge on any atom is 0.330 e. The highest BCUT2D eigenvalue weighted by Crippen LogP contribution is 2.15. The van der Waals surface area contributed by atoms with Crippen molar-refractivity contribution in [1.29, 1.82) is 0 Å². The van der Waals surface area contributed by atoms with E-state index >= 15 is 0 Å². The molecule has 0 fully saturated rings. The first-order valence-electron chi connectivity index (χ1n) is 5.30.